The number of nitrogens with zero attached hydrogens (tertiary/aromatic N) is 2. The minimum Gasteiger partial charge on any atom is -0.385 e. The lowest BCUT2D eigenvalue weighted by Crippen LogP contribution is -2.00. The Bertz CT molecular complexity index is 620. The average molecular weight is 256 g/mol. The molecule has 1 aromatic carbocycles. The van der Waals surface area contributed by atoms with E-state index >= 15 is 0 Å². The van der Waals surface area contributed by atoms with E-state index in [1.807, 2.05) is 0 Å². The molecule has 4 unspecified atom stereocenters. The molecule has 1 N–H and O–H groups in total. The molecular weight excluding hydrogens is 240 g/mol. The Morgan fingerprint density at radius 1 is 1.32 bits per heavy atom. The van der Waals surface area contributed by atoms with Crippen molar-refractivity contribution >= 4 is 0 Å². The topological polar surface area (TPSA) is 59.2 Å². The van der Waals surface area contributed by atoms with Crippen LogP contribution in [0, 0.1) is 5.92 Å². The molecule has 0 spiro atoms. The fourth-order valence-electron chi connectivity index (χ4n) is 3.46. The molecule has 4 nitrogen and oxygen atoms in total. The molecule has 2 aliphatic carbocycles. The van der Waals surface area contributed by atoms with Crippen LogP contribution in [0.4, 0.5) is 0 Å². The van der Waals surface area contributed by atoms with Crippen LogP contribution in [0.2, 0.25) is 0 Å². The number of fused-ring (bicyclic) bond motifs is 3. The second-order valence-corrected chi connectivity index (χ2v) is 5.62. The number of hydrogen-bond donors (Lipinski definition) is 1. The molecule has 19 heavy (non-hydrogen) atoms. The van der Waals surface area contributed by atoms with E-state index in [0.29, 0.717) is 29.5 Å². The van der Waals surface area contributed by atoms with Gasteiger partial charge in [0.2, 0.25) is 5.89 Å². The Labute approximate surface area is 111 Å². The third-order valence-corrected chi connectivity index (χ3v) is 4.45. The van der Waals surface area contributed by atoms with Crippen LogP contribution in [0.1, 0.15) is 54.1 Å². The SMILES string of the molecule is CC(O)c1noc(C2C3CCc4ccccc4C32)n1. The predicted molar refractivity (Wildman–Crippen MR) is 68.7 cm³/mol. The summed E-state index contributed by atoms with van der Waals surface area (Å²) >= 11 is 0. The van der Waals surface area contributed by atoms with Crippen LogP contribution in [-0.4, -0.2) is 15.2 Å². The second kappa shape index (κ2) is 3.90. The molecule has 1 heterocycles. The van der Waals surface area contributed by atoms with Crippen molar-refractivity contribution in [2.75, 3.05) is 0 Å². The van der Waals surface area contributed by atoms with Crippen LogP contribution in [-0.2, 0) is 6.42 Å². The highest BCUT2D eigenvalue weighted by atomic mass is 16.5. The minimum absolute atomic E-state index is 0.351. The number of rotatable bonds is 2. The maximum absolute atomic E-state index is 9.47. The fourth-order valence-corrected chi connectivity index (χ4v) is 3.46. The van der Waals surface area contributed by atoms with Gasteiger partial charge in [0.05, 0.1) is 0 Å². The zero-order chi connectivity index (χ0) is 13.0. The third-order valence-electron chi connectivity index (χ3n) is 4.45. The first-order chi connectivity index (χ1) is 9.25. The van der Waals surface area contributed by atoms with Crippen molar-refractivity contribution in [2.24, 2.45) is 5.92 Å². The quantitative estimate of drug-likeness (QED) is 0.897. The molecule has 1 aromatic heterocycles. The number of benzene rings is 1. The molecule has 2 aliphatic rings. The largest absolute Gasteiger partial charge is 0.385 e. The summed E-state index contributed by atoms with van der Waals surface area (Å²) in [6, 6.07) is 8.65. The first-order valence-electron chi connectivity index (χ1n) is 6.85. The fraction of sp³-hybridized carbons (Fsp3) is 0.467. The third kappa shape index (κ3) is 1.63. The van der Waals surface area contributed by atoms with Crippen molar-refractivity contribution < 1.29 is 9.63 Å². The lowest BCUT2D eigenvalue weighted by Gasteiger charge is -2.13. The van der Waals surface area contributed by atoms with E-state index in [2.05, 4.69) is 34.4 Å². The zero-order valence-electron chi connectivity index (χ0n) is 10.8. The molecule has 4 heteroatoms. The van der Waals surface area contributed by atoms with Gasteiger partial charge in [0.15, 0.2) is 5.82 Å². The van der Waals surface area contributed by atoms with E-state index in [9.17, 15) is 5.11 Å². The van der Waals surface area contributed by atoms with Gasteiger partial charge < -0.3 is 9.63 Å². The molecule has 2 aromatic rings. The maximum Gasteiger partial charge on any atom is 0.230 e. The Hall–Kier alpha value is -1.68. The first kappa shape index (κ1) is 11.2. The zero-order valence-corrected chi connectivity index (χ0v) is 10.8. The summed E-state index contributed by atoms with van der Waals surface area (Å²) in [4.78, 5) is 4.34. The van der Waals surface area contributed by atoms with Crippen LogP contribution in [0.25, 0.3) is 0 Å². The highest BCUT2D eigenvalue weighted by Gasteiger charge is 2.56. The van der Waals surface area contributed by atoms with Gasteiger partial charge in [0, 0.05) is 5.92 Å². The van der Waals surface area contributed by atoms with E-state index in [1.54, 1.807) is 6.92 Å². The predicted octanol–water partition coefficient (Wildman–Crippen LogP) is 2.57. The van der Waals surface area contributed by atoms with Gasteiger partial charge in [-0.05, 0) is 42.7 Å². The molecular formula is C15H16N2O2. The van der Waals surface area contributed by atoms with E-state index < -0.39 is 6.10 Å². The molecule has 0 saturated heterocycles. The van der Waals surface area contributed by atoms with Crippen LogP contribution < -0.4 is 0 Å². The Morgan fingerprint density at radius 3 is 2.95 bits per heavy atom. The molecule has 0 amide bonds. The van der Waals surface area contributed by atoms with Crippen molar-refractivity contribution in [3.05, 3.63) is 47.1 Å². The lowest BCUT2D eigenvalue weighted by atomic mass is 9.92. The van der Waals surface area contributed by atoms with Crippen LogP contribution >= 0.6 is 0 Å². The summed E-state index contributed by atoms with van der Waals surface area (Å²) in [5.74, 6) is 2.61. The van der Waals surface area contributed by atoms with Gasteiger partial charge in [-0.2, -0.15) is 4.98 Å². The van der Waals surface area contributed by atoms with Crippen molar-refractivity contribution in [3.63, 3.8) is 0 Å². The second-order valence-electron chi connectivity index (χ2n) is 5.62. The number of aliphatic hydroxyl groups excluding tert-OH is 1. The van der Waals surface area contributed by atoms with Crippen LogP contribution in [0.15, 0.2) is 28.8 Å². The van der Waals surface area contributed by atoms with Gasteiger partial charge in [0.25, 0.3) is 0 Å². The molecule has 1 fully saturated rings. The summed E-state index contributed by atoms with van der Waals surface area (Å²) in [5, 5.41) is 13.3. The van der Waals surface area contributed by atoms with E-state index in [4.69, 9.17) is 4.52 Å². The summed E-state index contributed by atoms with van der Waals surface area (Å²) in [5.41, 5.74) is 2.90. The Balaban J connectivity index is 1.66. The smallest absolute Gasteiger partial charge is 0.230 e. The monoisotopic (exact) mass is 256 g/mol. The van der Waals surface area contributed by atoms with E-state index in [-0.39, 0.29) is 0 Å². The van der Waals surface area contributed by atoms with Gasteiger partial charge in [-0.15, -0.1) is 0 Å². The Kier molecular flexibility index (Phi) is 2.30. The summed E-state index contributed by atoms with van der Waals surface area (Å²) < 4.78 is 5.34. The molecule has 0 radical (unpaired) electrons. The first-order valence-corrected chi connectivity index (χ1v) is 6.85. The van der Waals surface area contributed by atoms with Gasteiger partial charge in [-0.25, -0.2) is 0 Å². The van der Waals surface area contributed by atoms with Gasteiger partial charge in [0.1, 0.15) is 6.10 Å². The van der Waals surface area contributed by atoms with Crippen molar-refractivity contribution in [1.82, 2.24) is 10.1 Å². The molecule has 0 aliphatic heterocycles. The number of hydrogen-bond acceptors (Lipinski definition) is 4. The number of aliphatic hydroxyl groups is 1. The van der Waals surface area contributed by atoms with E-state index in [0.717, 1.165) is 6.42 Å². The standard InChI is InChI=1S/C15H16N2O2/c1-8(18)14-16-15(19-17-14)13-11-7-6-9-4-2-3-5-10(9)12(11)13/h2-5,8,11-13,18H,6-7H2,1H3. The highest BCUT2D eigenvalue weighted by molar-refractivity contribution is 5.42. The molecule has 1 saturated carbocycles. The van der Waals surface area contributed by atoms with Crippen LogP contribution in [0.5, 0.6) is 0 Å². The minimum atomic E-state index is -0.662. The lowest BCUT2D eigenvalue weighted by molar-refractivity contribution is 0.184. The molecule has 0 bridgehead atoms. The number of aryl methyl sites for hydroxylation is 1. The molecule has 98 valence electrons. The van der Waals surface area contributed by atoms with Crippen molar-refractivity contribution in [1.29, 1.82) is 0 Å². The van der Waals surface area contributed by atoms with Gasteiger partial charge in [-0.3, -0.25) is 0 Å². The summed E-state index contributed by atoms with van der Waals surface area (Å²) in [6.07, 6.45) is 1.68. The summed E-state index contributed by atoms with van der Waals surface area (Å²) in [7, 11) is 0. The van der Waals surface area contributed by atoms with Gasteiger partial charge in [-0.1, -0.05) is 29.4 Å². The van der Waals surface area contributed by atoms with E-state index in [1.165, 1.54) is 17.5 Å². The molecule has 4 atom stereocenters. The molecule has 4 rings (SSSR count). The highest BCUT2D eigenvalue weighted by Crippen LogP contribution is 2.64. The summed E-state index contributed by atoms with van der Waals surface area (Å²) in [6.45, 7) is 1.66. The van der Waals surface area contributed by atoms with Crippen molar-refractivity contribution in [2.45, 2.75) is 37.7 Å². The maximum atomic E-state index is 9.47. The van der Waals surface area contributed by atoms with Crippen molar-refractivity contribution in [3.8, 4) is 0 Å². The Morgan fingerprint density at radius 2 is 2.16 bits per heavy atom. The average Bonchev–Trinajstić information content (AvgIpc) is 2.96. The van der Waals surface area contributed by atoms with Crippen LogP contribution in [0.3, 0.4) is 0 Å². The normalized spacial score (nSPS) is 29.5. The van der Waals surface area contributed by atoms with Gasteiger partial charge >= 0.3 is 0 Å². The number of aromatic nitrogens is 2.